The number of hydrogen-bond acceptors (Lipinski definition) is 5. The van der Waals surface area contributed by atoms with Gasteiger partial charge in [-0.05, 0) is 47.9 Å². The molecule has 2 aliphatic carbocycles. The van der Waals surface area contributed by atoms with Crippen LogP contribution in [0.1, 0.15) is 102 Å². The standard InChI is InChI=1S/C27H36N2O3/c28-17-19-7-9-21(23(15-19)26(31)11-3-1-4-12-26)25(30)22-10-8-20(18-29)16-24(22)27(32)13-5-2-6-14-27/h7-10,15-16,31-32H,1-6,11-14,17-18,28-29H2. The van der Waals surface area contributed by atoms with Gasteiger partial charge in [0.15, 0.2) is 5.78 Å². The van der Waals surface area contributed by atoms with E-state index in [0.717, 1.165) is 49.7 Å². The predicted octanol–water partition coefficient (Wildman–Crippen LogP) is 4.14. The number of hydrogen-bond donors (Lipinski definition) is 4. The molecule has 2 saturated carbocycles. The summed E-state index contributed by atoms with van der Waals surface area (Å²) in [5, 5.41) is 23.1. The maximum atomic E-state index is 14.0. The quantitative estimate of drug-likeness (QED) is 0.509. The van der Waals surface area contributed by atoms with Crippen molar-refractivity contribution in [3.8, 4) is 0 Å². The number of carbonyl (C=O) groups excluding carboxylic acids is 1. The van der Waals surface area contributed by atoms with Crippen LogP contribution >= 0.6 is 0 Å². The van der Waals surface area contributed by atoms with Crippen molar-refractivity contribution >= 4 is 5.78 Å². The van der Waals surface area contributed by atoms with Gasteiger partial charge >= 0.3 is 0 Å². The Balaban J connectivity index is 1.83. The van der Waals surface area contributed by atoms with Crippen LogP contribution in [0.4, 0.5) is 0 Å². The fourth-order valence-corrected chi connectivity index (χ4v) is 5.56. The minimum absolute atomic E-state index is 0.153. The second-order valence-corrected chi connectivity index (χ2v) is 9.68. The molecule has 0 unspecified atom stereocenters. The van der Waals surface area contributed by atoms with Crippen molar-refractivity contribution in [2.45, 2.75) is 88.5 Å². The van der Waals surface area contributed by atoms with Gasteiger partial charge in [-0.2, -0.15) is 0 Å². The topological polar surface area (TPSA) is 110 Å². The Kier molecular flexibility index (Phi) is 6.82. The molecule has 2 aliphatic rings. The molecule has 0 heterocycles. The third-order valence-electron chi connectivity index (χ3n) is 7.49. The Labute approximate surface area is 190 Å². The summed E-state index contributed by atoms with van der Waals surface area (Å²) in [5.74, 6) is -0.153. The summed E-state index contributed by atoms with van der Waals surface area (Å²) in [6.45, 7) is 0.710. The maximum Gasteiger partial charge on any atom is 0.193 e. The lowest BCUT2D eigenvalue weighted by Crippen LogP contribution is -2.33. The van der Waals surface area contributed by atoms with Gasteiger partial charge in [-0.3, -0.25) is 4.79 Å². The van der Waals surface area contributed by atoms with Crippen LogP contribution in [-0.4, -0.2) is 16.0 Å². The molecule has 6 N–H and O–H groups in total. The first-order valence-electron chi connectivity index (χ1n) is 12.1. The van der Waals surface area contributed by atoms with Crippen molar-refractivity contribution in [3.05, 3.63) is 69.8 Å². The van der Waals surface area contributed by atoms with E-state index in [0.29, 0.717) is 61.0 Å². The largest absolute Gasteiger partial charge is 0.385 e. The average molecular weight is 437 g/mol. The van der Waals surface area contributed by atoms with Crippen LogP contribution < -0.4 is 11.5 Å². The summed E-state index contributed by atoms with van der Waals surface area (Å²) < 4.78 is 0. The molecule has 2 aromatic carbocycles. The van der Waals surface area contributed by atoms with Gasteiger partial charge in [-0.15, -0.1) is 0 Å². The number of rotatable bonds is 6. The van der Waals surface area contributed by atoms with E-state index in [9.17, 15) is 15.0 Å². The second-order valence-electron chi connectivity index (χ2n) is 9.68. The number of benzene rings is 2. The molecule has 0 aromatic heterocycles. The molecule has 5 nitrogen and oxygen atoms in total. The highest BCUT2D eigenvalue weighted by molar-refractivity contribution is 6.11. The summed E-state index contributed by atoms with van der Waals surface area (Å²) in [6.07, 6.45) is 8.52. The summed E-state index contributed by atoms with van der Waals surface area (Å²) in [7, 11) is 0. The normalized spacial score (nSPS) is 20.1. The van der Waals surface area contributed by atoms with Crippen molar-refractivity contribution in [2.75, 3.05) is 0 Å². The Bertz CT molecular complexity index is 895. The van der Waals surface area contributed by atoms with Gasteiger partial charge in [0.1, 0.15) is 0 Å². The molecular weight excluding hydrogens is 400 g/mol. The Hall–Kier alpha value is -2.05. The molecule has 0 aliphatic heterocycles. The van der Waals surface area contributed by atoms with Crippen molar-refractivity contribution in [2.24, 2.45) is 11.5 Å². The molecule has 0 amide bonds. The SMILES string of the molecule is NCc1ccc(C(=O)c2ccc(CN)cc2C2(O)CCCCC2)c(C2(O)CCCCC2)c1. The van der Waals surface area contributed by atoms with Crippen LogP contribution in [0, 0.1) is 0 Å². The zero-order chi connectivity index (χ0) is 22.8. The maximum absolute atomic E-state index is 14.0. The lowest BCUT2D eigenvalue weighted by atomic mass is 9.74. The lowest BCUT2D eigenvalue weighted by molar-refractivity contribution is -0.00194. The molecule has 2 aromatic rings. The van der Waals surface area contributed by atoms with Gasteiger partial charge in [-0.1, -0.05) is 74.9 Å². The van der Waals surface area contributed by atoms with E-state index in [4.69, 9.17) is 11.5 Å². The van der Waals surface area contributed by atoms with E-state index in [1.54, 1.807) is 12.1 Å². The summed E-state index contributed by atoms with van der Waals surface area (Å²) in [6, 6.07) is 11.2. The molecule has 172 valence electrons. The van der Waals surface area contributed by atoms with Gasteiger partial charge in [0.2, 0.25) is 0 Å². The van der Waals surface area contributed by atoms with E-state index in [-0.39, 0.29) is 5.78 Å². The first-order valence-corrected chi connectivity index (χ1v) is 12.1. The molecule has 32 heavy (non-hydrogen) atoms. The van der Waals surface area contributed by atoms with E-state index < -0.39 is 11.2 Å². The first-order chi connectivity index (χ1) is 15.4. The second kappa shape index (κ2) is 9.44. The summed E-state index contributed by atoms with van der Waals surface area (Å²) >= 11 is 0. The molecule has 5 heteroatoms. The van der Waals surface area contributed by atoms with E-state index in [1.807, 2.05) is 24.3 Å². The van der Waals surface area contributed by atoms with Crippen molar-refractivity contribution in [1.82, 2.24) is 0 Å². The van der Waals surface area contributed by atoms with Crippen LogP contribution in [0.15, 0.2) is 36.4 Å². The van der Waals surface area contributed by atoms with Gasteiger partial charge in [0.25, 0.3) is 0 Å². The fraction of sp³-hybridized carbons (Fsp3) is 0.519. The van der Waals surface area contributed by atoms with Gasteiger partial charge in [0.05, 0.1) is 11.2 Å². The molecule has 0 bridgehead atoms. The van der Waals surface area contributed by atoms with Crippen LogP contribution in [0.5, 0.6) is 0 Å². The van der Waals surface area contributed by atoms with E-state index >= 15 is 0 Å². The summed E-state index contributed by atoms with van der Waals surface area (Å²) in [5.41, 5.74) is 13.9. The van der Waals surface area contributed by atoms with Crippen molar-refractivity contribution in [3.63, 3.8) is 0 Å². The Morgan fingerprint density at radius 2 is 1.06 bits per heavy atom. The van der Waals surface area contributed by atoms with Crippen LogP contribution in [0.3, 0.4) is 0 Å². The monoisotopic (exact) mass is 436 g/mol. The third kappa shape index (κ3) is 4.40. The molecule has 0 radical (unpaired) electrons. The van der Waals surface area contributed by atoms with Crippen molar-refractivity contribution < 1.29 is 15.0 Å². The van der Waals surface area contributed by atoms with Crippen LogP contribution in [0.25, 0.3) is 0 Å². The first kappa shape index (κ1) is 23.1. The highest BCUT2D eigenvalue weighted by atomic mass is 16.3. The smallest absolute Gasteiger partial charge is 0.193 e. The average Bonchev–Trinajstić information content (AvgIpc) is 2.83. The van der Waals surface area contributed by atoms with Gasteiger partial charge < -0.3 is 21.7 Å². The van der Waals surface area contributed by atoms with Crippen LogP contribution in [-0.2, 0) is 24.3 Å². The van der Waals surface area contributed by atoms with E-state index in [1.165, 1.54) is 0 Å². The molecule has 4 rings (SSSR count). The number of nitrogens with two attached hydrogens (primary N) is 2. The fourth-order valence-electron chi connectivity index (χ4n) is 5.56. The number of aliphatic hydroxyl groups is 2. The zero-order valence-electron chi connectivity index (χ0n) is 18.9. The van der Waals surface area contributed by atoms with Crippen molar-refractivity contribution in [1.29, 1.82) is 0 Å². The Morgan fingerprint density at radius 3 is 1.41 bits per heavy atom. The zero-order valence-corrected chi connectivity index (χ0v) is 18.9. The number of carbonyl (C=O) groups is 1. The lowest BCUT2D eigenvalue weighted by Gasteiger charge is -2.36. The predicted molar refractivity (Wildman–Crippen MR) is 126 cm³/mol. The Morgan fingerprint density at radius 1 is 0.688 bits per heavy atom. The highest BCUT2D eigenvalue weighted by Crippen LogP contribution is 2.42. The molecule has 2 fully saturated rings. The van der Waals surface area contributed by atoms with Gasteiger partial charge in [0, 0.05) is 24.2 Å². The van der Waals surface area contributed by atoms with Crippen LogP contribution in [0.2, 0.25) is 0 Å². The number of ketones is 1. The van der Waals surface area contributed by atoms with Gasteiger partial charge in [-0.25, -0.2) is 0 Å². The highest BCUT2D eigenvalue weighted by Gasteiger charge is 2.38. The third-order valence-corrected chi connectivity index (χ3v) is 7.49. The summed E-state index contributed by atoms with van der Waals surface area (Å²) in [4.78, 5) is 14.0. The molecular formula is C27H36N2O3. The molecule has 0 saturated heterocycles. The molecule has 0 atom stereocenters. The minimum Gasteiger partial charge on any atom is -0.385 e. The molecule has 0 spiro atoms. The minimum atomic E-state index is -1.02. The van der Waals surface area contributed by atoms with E-state index in [2.05, 4.69) is 0 Å².